The summed E-state index contributed by atoms with van der Waals surface area (Å²) in [4.78, 5) is 12.1. The van der Waals surface area contributed by atoms with Crippen molar-refractivity contribution in [2.24, 2.45) is 0 Å². The maximum atomic E-state index is 12.1. The Morgan fingerprint density at radius 3 is 2.90 bits per heavy atom. The van der Waals surface area contributed by atoms with E-state index in [4.69, 9.17) is 4.42 Å². The van der Waals surface area contributed by atoms with Gasteiger partial charge < -0.3 is 9.73 Å². The van der Waals surface area contributed by atoms with E-state index in [0.29, 0.717) is 11.4 Å². The zero-order chi connectivity index (χ0) is 13.9. The molecule has 100 valence electrons. The Morgan fingerprint density at radius 1 is 1.30 bits per heavy atom. The van der Waals surface area contributed by atoms with Gasteiger partial charge in [-0.25, -0.2) is 0 Å². The number of aryl methyl sites for hydroxylation is 1. The van der Waals surface area contributed by atoms with Gasteiger partial charge in [-0.15, -0.1) is 0 Å². The second-order valence-electron chi connectivity index (χ2n) is 4.44. The number of carbonyl (C=O) groups is 1. The minimum Gasteiger partial charge on any atom is -0.459 e. The van der Waals surface area contributed by atoms with Crippen LogP contribution in [0.4, 0.5) is 5.69 Å². The molecule has 1 aromatic carbocycles. The third kappa shape index (κ3) is 2.33. The number of amides is 1. The minimum atomic E-state index is -0.255. The molecular formula is C15H13N3O2. The summed E-state index contributed by atoms with van der Waals surface area (Å²) in [6.07, 6.45) is 3.19. The van der Waals surface area contributed by atoms with Gasteiger partial charge in [0.1, 0.15) is 0 Å². The first kappa shape index (κ1) is 12.2. The van der Waals surface area contributed by atoms with E-state index in [1.165, 1.54) is 6.26 Å². The molecule has 2 heterocycles. The van der Waals surface area contributed by atoms with Crippen molar-refractivity contribution >= 4 is 11.6 Å². The largest absolute Gasteiger partial charge is 0.459 e. The first-order chi connectivity index (χ1) is 9.74. The highest BCUT2D eigenvalue weighted by Crippen LogP contribution is 2.21. The van der Waals surface area contributed by atoms with E-state index in [1.807, 2.05) is 37.3 Å². The lowest BCUT2D eigenvalue weighted by Gasteiger charge is -2.05. The van der Waals surface area contributed by atoms with Crippen LogP contribution in [0.2, 0.25) is 0 Å². The smallest absolute Gasteiger partial charge is 0.291 e. The van der Waals surface area contributed by atoms with E-state index in [0.717, 1.165) is 16.8 Å². The molecule has 0 aliphatic rings. The summed E-state index contributed by atoms with van der Waals surface area (Å²) < 4.78 is 5.17. The van der Waals surface area contributed by atoms with Gasteiger partial charge in [-0.05, 0) is 31.2 Å². The van der Waals surface area contributed by atoms with Crippen molar-refractivity contribution < 1.29 is 9.21 Å². The highest BCUT2D eigenvalue weighted by atomic mass is 16.3. The molecule has 0 spiro atoms. The second kappa shape index (κ2) is 5.05. The van der Waals surface area contributed by atoms with Gasteiger partial charge in [0.25, 0.3) is 5.91 Å². The fourth-order valence-corrected chi connectivity index (χ4v) is 1.97. The number of hydrogen-bond acceptors (Lipinski definition) is 3. The predicted molar refractivity (Wildman–Crippen MR) is 75.4 cm³/mol. The number of carbonyl (C=O) groups excluding carboxylic acids is 1. The van der Waals surface area contributed by atoms with E-state index < -0.39 is 0 Å². The number of rotatable bonds is 3. The molecule has 0 saturated carbocycles. The summed E-state index contributed by atoms with van der Waals surface area (Å²) >= 11 is 0. The lowest BCUT2D eigenvalue weighted by atomic mass is 10.1. The number of aromatic nitrogens is 2. The van der Waals surface area contributed by atoms with Crippen molar-refractivity contribution in [2.75, 3.05) is 5.32 Å². The molecule has 0 bridgehead atoms. The molecule has 0 aliphatic heterocycles. The molecule has 0 fully saturated rings. The van der Waals surface area contributed by atoms with Crippen LogP contribution in [0.3, 0.4) is 0 Å². The average Bonchev–Trinajstić information content (AvgIpc) is 3.09. The molecule has 1 amide bonds. The fourth-order valence-electron chi connectivity index (χ4n) is 1.97. The van der Waals surface area contributed by atoms with E-state index in [9.17, 15) is 4.79 Å². The third-order valence-corrected chi connectivity index (χ3v) is 3.00. The Balaban J connectivity index is 1.83. The molecule has 0 saturated heterocycles. The number of H-pyrrole nitrogens is 1. The monoisotopic (exact) mass is 267 g/mol. The first-order valence-corrected chi connectivity index (χ1v) is 6.19. The molecular weight excluding hydrogens is 254 g/mol. The first-order valence-electron chi connectivity index (χ1n) is 6.19. The molecule has 5 nitrogen and oxygen atoms in total. The van der Waals surface area contributed by atoms with Crippen molar-refractivity contribution in [3.63, 3.8) is 0 Å². The molecule has 2 aromatic heterocycles. The Hall–Kier alpha value is -2.82. The molecule has 20 heavy (non-hydrogen) atoms. The quantitative estimate of drug-likeness (QED) is 0.765. The molecule has 3 rings (SSSR count). The van der Waals surface area contributed by atoms with Crippen LogP contribution in [0.1, 0.15) is 16.1 Å². The van der Waals surface area contributed by atoms with Crippen LogP contribution in [0.25, 0.3) is 11.3 Å². The van der Waals surface area contributed by atoms with Gasteiger partial charge in [-0.3, -0.25) is 9.89 Å². The number of nitrogens with zero attached hydrogens (tertiary/aromatic N) is 1. The third-order valence-electron chi connectivity index (χ3n) is 3.00. The predicted octanol–water partition coefficient (Wildman–Crippen LogP) is 3.23. The summed E-state index contributed by atoms with van der Waals surface area (Å²) in [5.41, 5.74) is 3.37. The van der Waals surface area contributed by atoms with E-state index in [2.05, 4.69) is 15.5 Å². The van der Waals surface area contributed by atoms with Crippen LogP contribution in [0, 0.1) is 6.92 Å². The van der Waals surface area contributed by atoms with Crippen molar-refractivity contribution in [3.8, 4) is 11.3 Å². The topological polar surface area (TPSA) is 70.9 Å². The number of hydrogen-bond donors (Lipinski definition) is 2. The zero-order valence-electron chi connectivity index (χ0n) is 10.9. The second-order valence-corrected chi connectivity index (χ2v) is 4.44. The zero-order valence-corrected chi connectivity index (χ0v) is 10.9. The maximum absolute atomic E-state index is 12.1. The lowest BCUT2D eigenvalue weighted by Crippen LogP contribution is -2.12. The van der Waals surface area contributed by atoms with Crippen LogP contribution in [0.5, 0.6) is 0 Å². The summed E-state index contributed by atoms with van der Waals surface area (Å²) in [7, 11) is 0. The number of nitrogens with one attached hydrogen (secondary N) is 2. The van der Waals surface area contributed by atoms with Gasteiger partial charge in [-0.2, -0.15) is 5.10 Å². The van der Waals surface area contributed by atoms with Gasteiger partial charge in [0, 0.05) is 23.0 Å². The van der Waals surface area contributed by atoms with Gasteiger partial charge in [0.05, 0.1) is 12.0 Å². The Morgan fingerprint density at radius 2 is 2.20 bits per heavy atom. The lowest BCUT2D eigenvalue weighted by molar-refractivity contribution is 0.0996. The molecule has 3 aromatic rings. The summed E-state index contributed by atoms with van der Waals surface area (Å²) in [5.74, 6) is 0.0752. The van der Waals surface area contributed by atoms with Crippen molar-refractivity contribution in [1.82, 2.24) is 10.2 Å². The van der Waals surface area contributed by atoms with Gasteiger partial charge in [0.15, 0.2) is 5.76 Å². The normalized spacial score (nSPS) is 10.4. The Labute approximate surface area is 115 Å². The standard InChI is InChI=1S/C15H13N3O2/c1-10-6-8-20-14(10)15(19)17-12-4-2-3-11(9-12)13-5-7-16-18-13/h2-9H,1H3,(H,16,18)(H,17,19). The van der Waals surface area contributed by atoms with Gasteiger partial charge >= 0.3 is 0 Å². The average molecular weight is 267 g/mol. The van der Waals surface area contributed by atoms with Crippen molar-refractivity contribution in [1.29, 1.82) is 0 Å². The summed E-state index contributed by atoms with van der Waals surface area (Å²) in [5, 5.41) is 9.62. The molecule has 0 radical (unpaired) electrons. The van der Waals surface area contributed by atoms with Gasteiger partial charge in [0.2, 0.25) is 0 Å². The molecule has 0 atom stereocenters. The fraction of sp³-hybridized carbons (Fsp3) is 0.0667. The van der Waals surface area contributed by atoms with Crippen LogP contribution in [0.15, 0.2) is 53.3 Å². The van der Waals surface area contributed by atoms with E-state index >= 15 is 0 Å². The number of furan rings is 1. The minimum absolute atomic E-state index is 0.255. The highest BCUT2D eigenvalue weighted by molar-refractivity contribution is 6.03. The highest BCUT2D eigenvalue weighted by Gasteiger charge is 2.12. The number of aromatic amines is 1. The Bertz CT molecular complexity index is 729. The van der Waals surface area contributed by atoms with Crippen LogP contribution >= 0.6 is 0 Å². The van der Waals surface area contributed by atoms with E-state index in [-0.39, 0.29) is 5.91 Å². The molecule has 5 heteroatoms. The Kier molecular flexibility index (Phi) is 3.09. The molecule has 0 unspecified atom stereocenters. The summed E-state index contributed by atoms with van der Waals surface area (Å²) in [6, 6.07) is 11.2. The van der Waals surface area contributed by atoms with E-state index in [1.54, 1.807) is 12.3 Å². The maximum Gasteiger partial charge on any atom is 0.291 e. The number of anilines is 1. The van der Waals surface area contributed by atoms with Crippen LogP contribution in [-0.2, 0) is 0 Å². The van der Waals surface area contributed by atoms with Gasteiger partial charge in [-0.1, -0.05) is 12.1 Å². The van der Waals surface area contributed by atoms with Crippen molar-refractivity contribution in [2.45, 2.75) is 6.92 Å². The van der Waals surface area contributed by atoms with Crippen LogP contribution in [-0.4, -0.2) is 16.1 Å². The van der Waals surface area contributed by atoms with Crippen molar-refractivity contribution in [3.05, 3.63) is 60.2 Å². The molecule has 0 aliphatic carbocycles. The summed E-state index contributed by atoms with van der Waals surface area (Å²) in [6.45, 7) is 1.83. The molecule has 2 N–H and O–H groups in total. The SMILES string of the molecule is Cc1ccoc1C(=O)Nc1cccc(-c2ccn[nH]2)c1. The van der Waals surface area contributed by atoms with Crippen LogP contribution < -0.4 is 5.32 Å². The number of benzene rings is 1.